The van der Waals surface area contributed by atoms with Crippen molar-refractivity contribution in [1.82, 2.24) is 14.8 Å². The zero-order valence-corrected chi connectivity index (χ0v) is 13.4. The highest BCUT2D eigenvalue weighted by molar-refractivity contribution is 6.02. The summed E-state index contributed by atoms with van der Waals surface area (Å²) in [5.41, 5.74) is -1.28. The molecule has 8 heteroatoms. The normalized spacial score (nSPS) is 20.6. The number of carbonyl (C=O) groups is 1. The molecular formula is C18H13F3N4O. The van der Waals surface area contributed by atoms with Crippen molar-refractivity contribution >= 4 is 11.7 Å². The van der Waals surface area contributed by atoms with Crippen LogP contribution in [-0.2, 0) is 10.2 Å². The van der Waals surface area contributed by atoms with Gasteiger partial charge in [0.05, 0.1) is 18.1 Å². The Bertz CT molecular complexity index is 973. The van der Waals surface area contributed by atoms with Crippen LogP contribution in [0, 0.1) is 5.82 Å². The first kappa shape index (κ1) is 16.3. The minimum Gasteiger partial charge on any atom is -0.308 e. The number of anilines is 1. The van der Waals surface area contributed by atoms with Gasteiger partial charge >= 0.3 is 0 Å². The van der Waals surface area contributed by atoms with E-state index < -0.39 is 29.5 Å². The summed E-state index contributed by atoms with van der Waals surface area (Å²) in [6, 6.07) is 10.6. The first-order valence-electron chi connectivity index (χ1n) is 7.84. The summed E-state index contributed by atoms with van der Waals surface area (Å²) in [4.78, 5) is 16.3. The molecule has 1 N–H and O–H groups in total. The predicted octanol–water partition coefficient (Wildman–Crippen LogP) is 3.32. The van der Waals surface area contributed by atoms with Crippen molar-refractivity contribution in [3.8, 4) is 5.69 Å². The van der Waals surface area contributed by atoms with Crippen LogP contribution in [0.5, 0.6) is 0 Å². The van der Waals surface area contributed by atoms with Crippen LogP contribution >= 0.6 is 0 Å². The number of amides is 1. The Hall–Kier alpha value is -3.16. The number of pyridine rings is 1. The Morgan fingerprint density at radius 3 is 2.54 bits per heavy atom. The van der Waals surface area contributed by atoms with Gasteiger partial charge in [-0.05, 0) is 5.56 Å². The van der Waals surface area contributed by atoms with Crippen LogP contribution in [0.4, 0.5) is 19.0 Å². The van der Waals surface area contributed by atoms with E-state index in [-0.39, 0.29) is 11.4 Å². The Morgan fingerprint density at radius 1 is 1.15 bits per heavy atom. The highest BCUT2D eigenvalue weighted by Gasteiger charge is 2.76. The van der Waals surface area contributed by atoms with Gasteiger partial charge in [0.15, 0.2) is 5.82 Å². The lowest BCUT2D eigenvalue weighted by Gasteiger charge is -2.15. The monoisotopic (exact) mass is 358 g/mol. The Morgan fingerprint density at radius 2 is 1.88 bits per heavy atom. The number of hydrogen-bond acceptors (Lipinski definition) is 3. The summed E-state index contributed by atoms with van der Waals surface area (Å²) < 4.78 is 42.7. The van der Waals surface area contributed by atoms with E-state index in [1.165, 1.54) is 41.3 Å². The SMILES string of the molecule is O=C(Nc1ccn(-c2cncc(F)c2)n1)[C@]1(c2ccccc2)CC1(F)F. The van der Waals surface area contributed by atoms with Crippen LogP contribution < -0.4 is 5.32 Å². The highest BCUT2D eigenvalue weighted by Crippen LogP contribution is 2.62. The molecule has 0 aliphatic heterocycles. The van der Waals surface area contributed by atoms with Gasteiger partial charge in [0.1, 0.15) is 11.2 Å². The van der Waals surface area contributed by atoms with E-state index in [0.29, 0.717) is 5.69 Å². The number of benzene rings is 1. The van der Waals surface area contributed by atoms with Crippen LogP contribution in [0.25, 0.3) is 5.69 Å². The molecule has 1 aliphatic carbocycles. The fraction of sp³-hybridized carbons (Fsp3) is 0.167. The molecule has 0 unspecified atom stereocenters. The van der Waals surface area contributed by atoms with E-state index in [1.807, 2.05) is 0 Å². The maximum atomic E-state index is 14.1. The Labute approximate surface area is 146 Å². The predicted molar refractivity (Wildman–Crippen MR) is 87.6 cm³/mol. The number of carbonyl (C=O) groups excluding carboxylic acids is 1. The molecule has 2 heterocycles. The van der Waals surface area contributed by atoms with Crippen molar-refractivity contribution in [2.75, 3.05) is 5.32 Å². The third-order valence-electron chi connectivity index (χ3n) is 4.43. The molecule has 1 fully saturated rings. The quantitative estimate of drug-likeness (QED) is 0.778. The van der Waals surface area contributed by atoms with E-state index in [1.54, 1.807) is 18.2 Å². The molecule has 4 rings (SSSR count). The van der Waals surface area contributed by atoms with Gasteiger partial charge in [0.2, 0.25) is 5.91 Å². The van der Waals surface area contributed by atoms with Gasteiger partial charge in [0.25, 0.3) is 5.92 Å². The molecule has 5 nitrogen and oxygen atoms in total. The summed E-state index contributed by atoms with van der Waals surface area (Å²) in [5, 5.41) is 6.52. The zero-order valence-electron chi connectivity index (χ0n) is 13.4. The fourth-order valence-electron chi connectivity index (χ4n) is 2.99. The summed E-state index contributed by atoms with van der Waals surface area (Å²) in [7, 11) is 0. The van der Waals surface area contributed by atoms with Crippen LogP contribution in [0.3, 0.4) is 0 Å². The van der Waals surface area contributed by atoms with Crippen molar-refractivity contribution in [2.45, 2.75) is 17.8 Å². The number of rotatable bonds is 4. The number of aromatic nitrogens is 3. The molecule has 1 aliphatic rings. The van der Waals surface area contributed by atoms with E-state index in [4.69, 9.17) is 0 Å². The van der Waals surface area contributed by atoms with Gasteiger partial charge in [-0.15, -0.1) is 0 Å². The van der Waals surface area contributed by atoms with Gasteiger partial charge in [-0.2, -0.15) is 5.10 Å². The first-order valence-corrected chi connectivity index (χ1v) is 7.84. The third kappa shape index (κ3) is 2.54. The second-order valence-electron chi connectivity index (χ2n) is 6.11. The summed E-state index contributed by atoms with van der Waals surface area (Å²) in [6.07, 6.45) is 3.37. The average molecular weight is 358 g/mol. The van der Waals surface area contributed by atoms with Crippen LogP contribution in [0.1, 0.15) is 12.0 Å². The molecule has 1 amide bonds. The maximum absolute atomic E-state index is 14.1. The largest absolute Gasteiger partial charge is 0.308 e. The molecule has 0 saturated heterocycles. The number of hydrogen-bond donors (Lipinski definition) is 1. The van der Waals surface area contributed by atoms with Crippen LogP contribution in [-0.4, -0.2) is 26.6 Å². The highest BCUT2D eigenvalue weighted by atomic mass is 19.3. The number of alkyl halides is 2. The van der Waals surface area contributed by atoms with E-state index in [0.717, 1.165) is 6.20 Å². The molecule has 3 aromatic rings. The number of nitrogens with zero attached hydrogens (tertiary/aromatic N) is 3. The minimum atomic E-state index is -3.12. The smallest absolute Gasteiger partial charge is 0.268 e. The lowest BCUT2D eigenvalue weighted by molar-refractivity contribution is -0.121. The molecule has 132 valence electrons. The maximum Gasteiger partial charge on any atom is 0.268 e. The molecule has 1 aromatic carbocycles. The molecule has 2 aromatic heterocycles. The lowest BCUT2D eigenvalue weighted by atomic mass is 9.94. The van der Waals surface area contributed by atoms with E-state index in [2.05, 4.69) is 15.4 Å². The van der Waals surface area contributed by atoms with Crippen molar-refractivity contribution in [1.29, 1.82) is 0 Å². The van der Waals surface area contributed by atoms with Gasteiger partial charge in [-0.3, -0.25) is 9.78 Å². The first-order chi connectivity index (χ1) is 12.4. The van der Waals surface area contributed by atoms with Gasteiger partial charge in [-0.1, -0.05) is 30.3 Å². The fourth-order valence-corrected chi connectivity index (χ4v) is 2.99. The molecule has 1 atom stereocenters. The lowest BCUT2D eigenvalue weighted by Crippen LogP contribution is -2.33. The molecule has 0 radical (unpaired) electrons. The van der Waals surface area contributed by atoms with Crippen molar-refractivity contribution in [2.24, 2.45) is 0 Å². The van der Waals surface area contributed by atoms with Gasteiger partial charge < -0.3 is 5.32 Å². The summed E-state index contributed by atoms with van der Waals surface area (Å²) in [6.45, 7) is 0. The van der Waals surface area contributed by atoms with Gasteiger partial charge in [0, 0.05) is 24.8 Å². The molecule has 0 bridgehead atoms. The van der Waals surface area contributed by atoms with Gasteiger partial charge in [-0.25, -0.2) is 17.9 Å². The average Bonchev–Trinajstić information content (AvgIpc) is 2.98. The number of halogens is 3. The third-order valence-corrected chi connectivity index (χ3v) is 4.43. The molecule has 1 saturated carbocycles. The van der Waals surface area contributed by atoms with Crippen LogP contribution in [0.15, 0.2) is 61.1 Å². The molecular weight excluding hydrogens is 345 g/mol. The Balaban J connectivity index is 1.59. The molecule has 26 heavy (non-hydrogen) atoms. The minimum absolute atomic E-state index is 0.0947. The van der Waals surface area contributed by atoms with E-state index >= 15 is 0 Å². The summed E-state index contributed by atoms with van der Waals surface area (Å²) in [5.74, 6) is -4.38. The number of nitrogens with one attached hydrogen (secondary N) is 1. The van der Waals surface area contributed by atoms with Crippen LogP contribution in [0.2, 0.25) is 0 Å². The van der Waals surface area contributed by atoms with Crippen molar-refractivity contribution in [3.05, 3.63) is 72.4 Å². The topological polar surface area (TPSA) is 59.8 Å². The second-order valence-corrected chi connectivity index (χ2v) is 6.11. The van der Waals surface area contributed by atoms with Crippen molar-refractivity contribution < 1.29 is 18.0 Å². The molecule has 0 spiro atoms. The van der Waals surface area contributed by atoms with Crippen molar-refractivity contribution in [3.63, 3.8) is 0 Å². The Kier molecular flexibility index (Phi) is 3.57. The van der Waals surface area contributed by atoms with E-state index in [9.17, 15) is 18.0 Å². The summed E-state index contributed by atoms with van der Waals surface area (Å²) >= 11 is 0. The zero-order chi connectivity index (χ0) is 18.4. The second kappa shape index (κ2) is 5.69. The standard InChI is InChI=1S/C18H13F3N4O/c19-13-8-14(10-22-9-13)25-7-6-15(24-25)23-16(26)17(11-18(17,20)21)12-4-2-1-3-5-12/h1-10H,11H2,(H,23,24,26)/t17-/m1/s1.